The SMILES string of the molecule is CN(C)C(CNC(=O)c1cc(=O)c(OCc2ccccc2)co1)Cc1ccccc1. The van der Waals surface area contributed by atoms with Crippen LogP contribution in [0.1, 0.15) is 21.7 Å². The van der Waals surface area contributed by atoms with Gasteiger partial charge in [0.2, 0.25) is 11.2 Å². The Bertz CT molecular complexity index is 1000. The molecule has 156 valence electrons. The standard InChI is InChI=1S/C24H26N2O4/c1-26(2)20(13-18-9-5-3-6-10-18)15-25-24(28)22-14-21(27)23(17-30-22)29-16-19-11-7-4-8-12-19/h3-12,14,17,20H,13,15-16H2,1-2H3,(H,25,28). The molecule has 6 heteroatoms. The maximum Gasteiger partial charge on any atom is 0.287 e. The zero-order chi connectivity index (χ0) is 21.3. The molecular formula is C24H26N2O4. The molecule has 0 saturated heterocycles. The third-order valence-electron chi connectivity index (χ3n) is 4.80. The first kappa shape index (κ1) is 21.3. The van der Waals surface area contributed by atoms with Crippen molar-refractivity contribution in [3.63, 3.8) is 0 Å². The van der Waals surface area contributed by atoms with Gasteiger partial charge in [0.15, 0.2) is 5.76 Å². The second kappa shape index (κ2) is 10.4. The highest BCUT2D eigenvalue weighted by Crippen LogP contribution is 2.10. The molecule has 0 spiro atoms. The Morgan fingerprint density at radius 1 is 1.03 bits per heavy atom. The van der Waals surface area contributed by atoms with Gasteiger partial charge in [0.05, 0.1) is 0 Å². The molecule has 1 heterocycles. The highest BCUT2D eigenvalue weighted by molar-refractivity contribution is 5.91. The topological polar surface area (TPSA) is 71.8 Å². The van der Waals surface area contributed by atoms with Gasteiger partial charge >= 0.3 is 0 Å². The molecule has 3 rings (SSSR count). The summed E-state index contributed by atoms with van der Waals surface area (Å²) in [5.41, 5.74) is 1.74. The molecule has 1 amide bonds. The molecule has 0 bridgehead atoms. The summed E-state index contributed by atoms with van der Waals surface area (Å²) in [6.45, 7) is 0.678. The van der Waals surface area contributed by atoms with E-state index in [2.05, 4.69) is 22.3 Å². The summed E-state index contributed by atoms with van der Waals surface area (Å²) in [5.74, 6) is -0.392. The molecule has 1 aromatic heterocycles. The lowest BCUT2D eigenvalue weighted by atomic mass is 10.1. The first-order chi connectivity index (χ1) is 14.5. The van der Waals surface area contributed by atoms with Gasteiger partial charge in [-0.1, -0.05) is 60.7 Å². The van der Waals surface area contributed by atoms with Crippen LogP contribution in [0.4, 0.5) is 0 Å². The van der Waals surface area contributed by atoms with Crippen molar-refractivity contribution in [1.29, 1.82) is 0 Å². The van der Waals surface area contributed by atoms with Gasteiger partial charge in [0, 0.05) is 18.7 Å². The van der Waals surface area contributed by atoms with Gasteiger partial charge < -0.3 is 19.4 Å². The van der Waals surface area contributed by atoms with Crippen molar-refractivity contribution >= 4 is 5.91 Å². The van der Waals surface area contributed by atoms with Crippen molar-refractivity contribution < 1.29 is 13.9 Å². The van der Waals surface area contributed by atoms with Crippen LogP contribution >= 0.6 is 0 Å². The maximum atomic E-state index is 12.5. The van der Waals surface area contributed by atoms with Crippen LogP contribution in [-0.2, 0) is 13.0 Å². The molecular weight excluding hydrogens is 380 g/mol. The number of carbonyl (C=O) groups excluding carboxylic acids is 1. The normalized spacial score (nSPS) is 11.8. The van der Waals surface area contributed by atoms with Crippen LogP contribution in [-0.4, -0.2) is 37.5 Å². The summed E-state index contributed by atoms with van der Waals surface area (Å²) < 4.78 is 10.9. The molecule has 0 saturated carbocycles. The van der Waals surface area contributed by atoms with Crippen LogP contribution in [0.25, 0.3) is 0 Å². The molecule has 1 unspecified atom stereocenters. The Balaban J connectivity index is 1.58. The summed E-state index contributed by atoms with van der Waals surface area (Å²) >= 11 is 0. The fraction of sp³-hybridized carbons (Fsp3) is 0.250. The fourth-order valence-electron chi connectivity index (χ4n) is 2.98. The Kier molecular flexibility index (Phi) is 7.40. The van der Waals surface area contributed by atoms with E-state index in [1.807, 2.05) is 62.6 Å². The van der Waals surface area contributed by atoms with Crippen LogP contribution < -0.4 is 15.5 Å². The predicted octanol–water partition coefficient (Wildman–Crippen LogP) is 3.12. The van der Waals surface area contributed by atoms with Crippen molar-refractivity contribution in [2.24, 2.45) is 0 Å². The lowest BCUT2D eigenvalue weighted by Gasteiger charge is -2.24. The minimum Gasteiger partial charge on any atom is -0.482 e. The highest BCUT2D eigenvalue weighted by atomic mass is 16.5. The van der Waals surface area contributed by atoms with Crippen molar-refractivity contribution in [3.05, 3.63) is 100 Å². The number of rotatable bonds is 9. The van der Waals surface area contributed by atoms with Crippen molar-refractivity contribution in [3.8, 4) is 5.75 Å². The Morgan fingerprint density at radius 3 is 2.27 bits per heavy atom. The third-order valence-corrected chi connectivity index (χ3v) is 4.80. The van der Waals surface area contributed by atoms with Crippen LogP contribution in [0.15, 0.2) is 82.2 Å². The number of likely N-dealkylation sites (N-methyl/N-ethyl adjacent to an activating group) is 1. The lowest BCUT2D eigenvalue weighted by Crippen LogP contribution is -2.41. The molecule has 6 nitrogen and oxygen atoms in total. The summed E-state index contributed by atoms with van der Waals surface area (Å²) in [5, 5.41) is 2.85. The summed E-state index contributed by atoms with van der Waals surface area (Å²) in [4.78, 5) is 26.8. The van der Waals surface area contributed by atoms with Crippen molar-refractivity contribution in [2.45, 2.75) is 19.1 Å². The molecule has 3 aromatic rings. The quantitative estimate of drug-likeness (QED) is 0.591. The first-order valence-corrected chi connectivity index (χ1v) is 9.81. The average molecular weight is 406 g/mol. The third kappa shape index (κ3) is 6.06. The second-order valence-corrected chi connectivity index (χ2v) is 7.26. The van der Waals surface area contributed by atoms with Gasteiger partial charge in [-0.05, 0) is 31.6 Å². The Morgan fingerprint density at radius 2 is 1.67 bits per heavy atom. The van der Waals surface area contributed by atoms with Crippen LogP contribution in [0.2, 0.25) is 0 Å². The number of amides is 1. The molecule has 0 aliphatic carbocycles. The van der Waals surface area contributed by atoms with Gasteiger partial charge in [-0.25, -0.2) is 0 Å². The number of nitrogens with one attached hydrogen (secondary N) is 1. The summed E-state index contributed by atoms with van der Waals surface area (Å²) in [7, 11) is 3.94. The Labute approximate surface area is 176 Å². The molecule has 1 N–H and O–H groups in total. The molecule has 30 heavy (non-hydrogen) atoms. The molecule has 1 atom stereocenters. The number of nitrogens with zero attached hydrogens (tertiary/aromatic N) is 1. The minimum atomic E-state index is -0.429. The minimum absolute atomic E-state index is 0.0377. The summed E-state index contributed by atoms with van der Waals surface area (Å²) in [6.07, 6.45) is 1.98. The number of hydrogen-bond acceptors (Lipinski definition) is 5. The van der Waals surface area contributed by atoms with E-state index in [1.54, 1.807) is 0 Å². The highest BCUT2D eigenvalue weighted by Gasteiger charge is 2.17. The van der Waals surface area contributed by atoms with Gasteiger partial charge in [-0.2, -0.15) is 0 Å². The average Bonchev–Trinajstić information content (AvgIpc) is 2.76. The van der Waals surface area contributed by atoms with E-state index >= 15 is 0 Å². The van der Waals surface area contributed by atoms with Gasteiger partial charge in [0.25, 0.3) is 5.91 Å². The van der Waals surface area contributed by atoms with E-state index in [9.17, 15) is 9.59 Å². The van der Waals surface area contributed by atoms with E-state index < -0.39 is 11.3 Å². The van der Waals surface area contributed by atoms with E-state index in [0.717, 1.165) is 18.1 Å². The van der Waals surface area contributed by atoms with Crippen LogP contribution in [0, 0.1) is 0 Å². The predicted molar refractivity (Wildman–Crippen MR) is 116 cm³/mol. The van der Waals surface area contributed by atoms with Crippen molar-refractivity contribution in [1.82, 2.24) is 10.2 Å². The monoisotopic (exact) mass is 406 g/mol. The van der Waals surface area contributed by atoms with E-state index in [0.29, 0.717) is 6.54 Å². The van der Waals surface area contributed by atoms with Crippen molar-refractivity contribution in [2.75, 3.05) is 20.6 Å². The largest absolute Gasteiger partial charge is 0.482 e. The molecule has 0 aliphatic rings. The molecule has 2 aromatic carbocycles. The van der Waals surface area contributed by atoms with Gasteiger partial charge in [-0.15, -0.1) is 0 Å². The van der Waals surface area contributed by atoms with E-state index in [-0.39, 0.29) is 24.2 Å². The Hall–Kier alpha value is -3.38. The number of ether oxygens (including phenoxy) is 1. The number of carbonyl (C=O) groups is 1. The summed E-state index contributed by atoms with van der Waals surface area (Å²) in [6, 6.07) is 20.9. The van der Waals surface area contributed by atoms with Gasteiger partial charge in [0.1, 0.15) is 12.9 Å². The molecule has 0 radical (unpaired) electrons. The van der Waals surface area contributed by atoms with Crippen LogP contribution in [0.3, 0.4) is 0 Å². The molecule has 0 aliphatic heterocycles. The smallest absolute Gasteiger partial charge is 0.287 e. The fourth-order valence-corrected chi connectivity index (χ4v) is 2.98. The maximum absolute atomic E-state index is 12.5. The lowest BCUT2D eigenvalue weighted by molar-refractivity contribution is 0.0910. The second-order valence-electron chi connectivity index (χ2n) is 7.26. The number of benzene rings is 2. The number of hydrogen-bond donors (Lipinski definition) is 1. The van der Waals surface area contributed by atoms with Gasteiger partial charge in [-0.3, -0.25) is 9.59 Å². The zero-order valence-corrected chi connectivity index (χ0v) is 17.2. The van der Waals surface area contributed by atoms with E-state index in [1.165, 1.54) is 11.8 Å². The first-order valence-electron chi connectivity index (χ1n) is 9.81. The zero-order valence-electron chi connectivity index (χ0n) is 17.2. The van der Waals surface area contributed by atoms with Crippen LogP contribution in [0.5, 0.6) is 5.75 Å². The van der Waals surface area contributed by atoms with E-state index in [4.69, 9.17) is 9.15 Å². The molecule has 0 fully saturated rings.